The minimum atomic E-state index is -0.675. The van der Waals surface area contributed by atoms with E-state index < -0.39 is 11.7 Å². The molecule has 0 unspecified atom stereocenters. The van der Waals surface area contributed by atoms with Crippen molar-refractivity contribution in [3.63, 3.8) is 0 Å². The topological polar surface area (TPSA) is 54.5 Å². The van der Waals surface area contributed by atoms with Gasteiger partial charge in [-0.15, -0.1) is 0 Å². The second kappa shape index (κ2) is 7.89. The van der Waals surface area contributed by atoms with Gasteiger partial charge in [0.25, 0.3) is 5.91 Å². The molecule has 2 rings (SSSR count). The van der Waals surface area contributed by atoms with Gasteiger partial charge in [-0.1, -0.05) is 17.7 Å². The van der Waals surface area contributed by atoms with Gasteiger partial charge in [0.1, 0.15) is 12.4 Å². The highest BCUT2D eigenvalue weighted by Crippen LogP contribution is 2.21. The number of likely N-dealkylation sites (N-methyl/N-ethyl adjacent to an activating group) is 1. The number of nitrogens with zero attached hydrogens (tertiary/aromatic N) is 2. The summed E-state index contributed by atoms with van der Waals surface area (Å²) in [7, 11) is 3.87. The highest BCUT2D eigenvalue weighted by molar-refractivity contribution is 6.34. The van der Waals surface area contributed by atoms with Crippen LogP contribution in [0.25, 0.3) is 0 Å². The lowest BCUT2D eigenvalue weighted by molar-refractivity contribution is 0.102. The Morgan fingerprint density at radius 1 is 1.39 bits per heavy atom. The van der Waals surface area contributed by atoms with E-state index in [2.05, 4.69) is 10.3 Å². The van der Waals surface area contributed by atoms with Crippen molar-refractivity contribution in [3.8, 4) is 5.88 Å². The van der Waals surface area contributed by atoms with Crippen molar-refractivity contribution in [2.45, 2.75) is 0 Å². The lowest BCUT2D eigenvalue weighted by atomic mass is 10.2. The molecule has 0 atom stereocenters. The number of carbonyl (C=O) groups is 1. The summed E-state index contributed by atoms with van der Waals surface area (Å²) in [6.45, 7) is 1.21. The predicted octanol–water partition coefficient (Wildman–Crippen LogP) is 3.07. The molecule has 0 saturated heterocycles. The van der Waals surface area contributed by atoms with Gasteiger partial charge in [0, 0.05) is 24.5 Å². The van der Waals surface area contributed by atoms with Gasteiger partial charge in [-0.05, 0) is 32.3 Å². The molecule has 1 aromatic carbocycles. The van der Waals surface area contributed by atoms with E-state index in [4.69, 9.17) is 16.3 Å². The van der Waals surface area contributed by atoms with Crippen LogP contribution >= 0.6 is 11.6 Å². The van der Waals surface area contributed by atoms with Crippen molar-refractivity contribution in [2.75, 3.05) is 32.6 Å². The van der Waals surface area contributed by atoms with Gasteiger partial charge in [-0.3, -0.25) is 4.79 Å². The Morgan fingerprint density at radius 2 is 2.17 bits per heavy atom. The van der Waals surface area contributed by atoms with Gasteiger partial charge in [-0.25, -0.2) is 9.37 Å². The fraction of sp³-hybridized carbons (Fsp3) is 0.250. The van der Waals surface area contributed by atoms with Crippen molar-refractivity contribution in [3.05, 3.63) is 52.9 Å². The van der Waals surface area contributed by atoms with E-state index in [0.29, 0.717) is 18.2 Å². The first-order valence-electron chi connectivity index (χ1n) is 6.96. The third-order valence-corrected chi connectivity index (χ3v) is 3.29. The van der Waals surface area contributed by atoms with E-state index >= 15 is 0 Å². The molecule has 1 heterocycles. The molecule has 0 spiro atoms. The molecule has 7 heteroatoms. The minimum absolute atomic E-state index is 0.0546. The van der Waals surface area contributed by atoms with E-state index in [9.17, 15) is 9.18 Å². The number of carbonyl (C=O) groups excluding carboxylic acids is 1. The summed E-state index contributed by atoms with van der Waals surface area (Å²) in [5.41, 5.74) is 0.255. The molecule has 0 aliphatic carbocycles. The van der Waals surface area contributed by atoms with Gasteiger partial charge in [0.15, 0.2) is 0 Å². The number of benzene rings is 1. The smallest absolute Gasteiger partial charge is 0.260 e. The first-order chi connectivity index (χ1) is 11.0. The third-order valence-electron chi connectivity index (χ3n) is 2.97. The number of amides is 1. The summed E-state index contributed by atoms with van der Waals surface area (Å²) < 4.78 is 19.2. The summed E-state index contributed by atoms with van der Waals surface area (Å²) in [5.74, 6) is -0.922. The van der Waals surface area contributed by atoms with Gasteiger partial charge in [0.2, 0.25) is 5.88 Å². The zero-order valence-electron chi connectivity index (χ0n) is 12.8. The van der Waals surface area contributed by atoms with Crippen LogP contribution in [0, 0.1) is 5.82 Å². The number of anilines is 1. The highest BCUT2D eigenvalue weighted by atomic mass is 35.5. The predicted molar refractivity (Wildman–Crippen MR) is 87.6 cm³/mol. The van der Waals surface area contributed by atoms with Crippen LogP contribution in [0.4, 0.5) is 10.1 Å². The van der Waals surface area contributed by atoms with Crippen LogP contribution in [0.5, 0.6) is 5.88 Å². The average Bonchev–Trinajstić information content (AvgIpc) is 2.47. The van der Waals surface area contributed by atoms with Crippen LogP contribution in [0.15, 0.2) is 36.5 Å². The fourth-order valence-corrected chi connectivity index (χ4v) is 2.06. The molecule has 0 saturated carbocycles. The number of hydrogen-bond acceptors (Lipinski definition) is 4. The van der Waals surface area contributed by atoms with Crippen LogP contribution in [-0.2, 0) is 0 Å². The zero-order chi connectivity index (χ0) is 16.8. The molecule has 122 valence electrons. The van der Waals surface area contributed by atoms with E-state index in [0.717, 1.165) is 6.54 Å². The highest BCUT2D eigenvalue weighted by Gasteiger charge is 2.16. The van der Waals surface area contributed by atoms with Crippen LogP contribution in [0.3, 0.4) is 0 Å². The molecule has 1 amide bonds. The van der Waals surface area contributed by atoms with Crippen molar-refractivity contribution in [2.24, 2.45) is 0 Å². The van der Waals surface area contributed by atoms with Crippen LogP contribution in [-0.4, -0.2) is 43.0 Å². The van der Waals surface area contributed by atoms with E-state index in [1.54, 1.807) is 12.1 Å². The maximum absolute atomic E-state index is 13.7. The largest absolute Gasteiger partial charge is 0.476 e. The maximum atomic E-state index is 13.7. The fourth-order valence-electron chi connectivity index (χ4n) is 1.81. The number of aromatic nitrogens is 1. The Balaban J connectivity index is 2.07. The molecule has 0 aliphatic rings. The number of ether oxygens (including phenoxy) is 1. The first kappa shape index (κ1) is 17.2. The van der Waals surface area contributed by atoms with E-state index in [-0.39, 0.29) is 10.6 Å². The Hall–Kier alpha value is -2.18. The molecule has 2 aromatic rings. The van der Waals surface area contributed by atoms with Gasteiger partial charge < -0.3 is 15.0 Å². The van der Waals surface area contributed by atoms with Crippen molar-refractivity contribution < 1.29 is 13.9 Å². The molecular weight excluding hydrogens is 321 g/mol. The molecule has 0 radical (unpaired) electrons. The molecule has 1 aromatic heterocycles. The molecule has 0 aliphatic heterocycles. The Bertz CT molecular complexity index is 675. The summed E-state index contributed by atoms with van der Waals surface area (Å²) in [6.07, 6.45) is 1.50. The monoisotopic (exact) mass is 337 g/mol. The van der Waals surface area contributed by atoms with E-state index in [1.165, 1.54) is 24.4 Å². The second-order valence-corrected chi connectivity index (χ2v) is 5.49. The SMILES string of the molecule is CN(C)CCOc1cc(NC(=O)c2c(F)cccc2Cl)ccn1. The normalized spacial score (nSPS) is 10.7. The van der Waals surface area contributed by atoms with Gasteiger partial charge >= 0.3 is 0 Å². The lowest BCUT2D eigenvalue weighted by Gasteiger charge is -2.11. The number of pyridine rings is 1. The summed E-state index contributed by atoms with van der Waals surface area (Å²) in [4.78, 5) is 18.2. The summed E-state index contributed by atoms with van der Waals surface area (Å²) in [6, 6.07) is 7.25. The minimum Gasteiger partial charge on any atom is -0.476 e. The standard InChI is InChI=1S/C16H17ClFN3O2/c1-21(2)8-9-23-14-10-11(6-7-19-14)20-16(22)15-12(17)4-3-5-13(15)18/h3-7,10H,8-9H2,1-2H3,(H,19,20,22). The summed E-state index contributed by atoms with van der Waals surface area (Å²) >= 11 is 5.88. The first-order valence-corrected chi connectivity index (χ1v) is 7.34. The molecular formula is C16H17ClFN3O2. The quantitative estimate of drug-likeness (QED) is 0.880. The maximum Gasteiger partial charge on any atom is 0.260 e. The van der Waals surface area contributed by atoms with E-state index in [1.807, 2.05) is 19.0 Å². The van der Waals surface area contributed by atoms with Crippen LogP contribution in [0.1, 0.15) is 10.4 Å². The number of nitrogens with one attached hydrogen (secondary N) is 1. The number of hydrogen-bond donors (Lipinski definition) is 1. The Kier molecular flexibility index (Phi) is 5.90. The Morgan fingerprint density at radius 3 is 2.87 bits per heavy atom. The van der Waals surface area contributed by atoms with Crippen molar-refractivity contribution >= 4 is 23.2 Å². The molecule has 1 N–H and O–H groups in total. The number of rotatable bonds is 6. The Labute approximate surface area is 139 Å². The third kappa shape index (κ3) is 4.91. The lowest BCUT2D eigenvalue weighted by Crippen LogP contribution is -2.19. The molecule has 0 fully saturated rings. The molecule has 23 heavy (non-hydrogen) atoms. The van der Waals surface area contributed by atoms with Gasteiger partial charge in [0.05, 0.1) is 10.6 Å². The van der Waals surface area contributed by atoms with Crippen molar-refractivity contribution in [1.29, 1.82) is 0 Å². The van der Waals surface area contributed by atoms with Crippen molar-refractivity contribution in [1.82, 2.24) is 9.88 Å². The second-order valence-electron chi connectivity index (χ2n) is 5.09. The average molecular weight is 338 g/mol. The van der Waals surface area contributed by atoms with Gasteiger partial charge in [-0.2, -0.15) is 0 Å². The number of halogens is 2. The van der Waals surface area contributed by atoms with Crippen LogP contribution in [0.2, 0.25) is 5.02 Å². The molecule has 5 nitrogen and oxygen atoms in total. The zero-order valence-corrected chi connectivity index (χ0v) is 13.6. The summed E-state index contributed by atoms with van der Waals surface area (Å²) in [5, 5.41) is 2.64. The van der Waals surface area contributed by atoms with Crippen LogP contribution < -0.4 is 10.1 Å². The molecule has 0 bridgehead atoms.